The lowest BCUT2D eigenvalue weighted by molar-refractivity contribution is 0.0957. The monoisotopic (exact) mass is 297 g/mol. The Morgan fingerprint density at radius 3 is 2.84 bits per heavy atom. The van der Waals surface area contributed by atoms with Crippen molar-refractivity contribution in [2.24, 2.45) is 5.84 Å². The molecule has 4 nitrogen and oxygen atoms in total. The van der Waals surface area contributed by atoms with Crippen LogP contribution in [0.5, 0.6) is 0 Å². The molecule has 0 bridgehead atoms. The van der Waals surface area contributed by atoms with Crippen LogP contribution in [0.25, 0.3) is 0 Å². The first-order valence-corrected chi connectivity index (χ1v) is 7.18. The highest BCUT2D eigenvalue weighted by molar-refractivity contribution is 7.98. The maximum atomic E-state index is 13.6. The van der Waals surface area contributed by atoms with Crippen LogP contribution in [-0.2, 0) is 5.75 Å². The van der Waals surface area contributed by atoms with E-state index in [2.05, 4.69) is 5.43 Å². The normalized spacial score (nSPS) is 10.4. The predicted molar refractivity (Wildman–Crippen MR) is 76.3 cm³/mol. The second-order valence-corrected chi connectivity index (χ2v) is 5.90. The van der Waals surface area contributed by atoms with Gasteiger partial charge in [-0.3, -0.25) is 10.2 Å². The third-order valence-electron chi connectivity index (χ3n) is 2.34. The Bertz CT molecular complexity index is 600. The summed E-state index contributed by atoms with van der Waals surface area (Å²) in [4.78, 5) is 13.3. The van der Waals surface area contributed by atoms with E-state index in [9.17, 15) is 9.18 Å². The topological polar surface area (TPSA) is 81.1 Å². The lowest BCUT2D eigenvalue weighted by Crippen LogP contribution is -2.29. The molecule has 0 unspecified atom stereocenters. The number of carbonyl (C=O) groups is 1. The molecule has 0 atom stereocenters. The maximum absolute atomic E-state index is 13.6. The molecular formula is C12H12FN3OS2. The molecule has 1 heterocycles. The third kappa shape index (κ3) is 3.46. The number of hydrazine groups is 1. The molecule has 100 valence electrons. The van der Waals surface area contributed by atoms with E-state index in [0.29, 0.717) is 21.2 Å². The Morgan fingerprint density at radius 2 is 2.16 bits per heavy atom. The fraction of sp³-hybridized carbons (Fsp3) is 0.0833. The molecule has 1 amide bonds. The summed E-state index contributed by atoms with van der Waals surface area (Å²) in [5.41, 5.74) is 7.96. The number of thiophene rings is 1. The highest BCUT2D eigenvalue weighted by Crippen LogP contribution is 2.29. The zero-order valence-corrected chi connectivity index (χ0v) is 11.5. The average Bonchev–Trinajstić information content (AvgIpc) is 2.85. The van der Waals surface area contributed by atoms with Crippen LogP contribution in [-0.4, -0.2) is 5.91 Å². The lowest BCUT2D eigenvalue weighted by Gasteiger charge is -2.02. The molecule has 0 radical (unpaired) electrons. The highest BCUT2D eigenvalue weighted by Gasteiger charge is 2.09. The maximum Gasteiger partial charge on any atom is 0.275 e. The van der Waals surface area contributed by atoms with Gasteiger partial charge in [0.1, 0.15) is 5.82 Å². The number of hydrogen-bond donors (Lipinski definition) is 3. The van der Waals surface area contributed by atoms with Gasteiger partial charge in [-0.15, -0.1) is 23.1 Å². The summed E-state index contributed by atoms with van der Waals surface area (Å²) >= 11 is 2.69. The van der Waals surface area contributed by atoms with Crippen molar-refractivity contribution in [2.45, 2.75) is 10.6 Å². The number of carbonyl (C=O) groups excluding carboxylic acids is 1. The van der Waals surface area contributed by atoms with Crippen molar-refractivity contribution in [2.75, 3.05) is 5.73 Å². The van der Waals surface area contributed by atoms with Crippen molar-refractivity contribution in [1.29, 1.82) is 0 Å². The summed E-state index contributed by atoms with van der Waals surface area (Å²) in [5, 5.41) is 0. The molecule has 0 aliphatic carbocycles. The number of nitrogen functional groups attached to an aromatic ring is 2. The van der Waals surface area contributed by atoms with Crippen molar-refractivity contribution in [3.05, 3.63) is 45.9 Å². The molecule has 0 spiro atoms. The second-order valence-electron chi connectivity index (χ2n) is 3.72. The van der Waals surface area contributed by atoms with Crippen molar-refractivity contribution < 1.29 is 9.18 Å². The van der Waals surface area contributed by atoms with Gasteiger partial charge in [0, 0.05) is 21.2 Å². The van der Waals surface area contributed by atoms with Crippen LogP contribution in [0.1, 0.15) is 14.5 Å². The van der Waals surface area contributed by atoms with Gasteiger partial charge < -0.3 is 5.73 Å². The minimum atomic E-state index is -0.332. The Hall–Kier alpha value is -1.57. The van der Waals surface area contributed by atoms with Crippen molar-refractivity contribution >= 4 is 34.7 Å². The summed E-state index contributed by atoms with van der Waals surface area (Å²) in [7, 11) is 0. The molecule has 1 aromatic heterocycles. The van der Waals surface area contributed by atoms with Gasteiger partial charge in [0.25, 0.3) is 5.91 Å². The van der Waals surface area contributed by atoms with Crippen LogP contribution in [0.3, 0.4) is 0 Å². The fourth-order valence-electron chi connectivity index (χ4n) is 1.43. The first-order chi connectivity index (χ1) is 9.10. The third-order valence-corrected chi connectivity index (χ3v) is 4.71. The van der Waals surface area contributed by atoms with Gasteiger partial charge in [-0.1, -0.05) is 0 Å². The van der Waals surface area contributed by atoms with Gasteiger partial charge in [0.05, 0.1) is 4.88 Å². The minimum Gasteiger partial charge on any atom is -0.399 e. The molecule has 2 aromatic rings. The van der Waals surface area contributed by atoms with E-state index in [-0.39, 0.29) is 11.7 Å². The zero-order valence-electron chi connectivity index (χ0n) is 9.85. The highest BCUT2D eigenvalue weighted by atomic mass is 32.2. The number of amides is 1. The van der Waals surface area contributed by atoms with Gasteiger partial charge in [-0.2, -0.15) is 0 Å². The van der Waals surface area contributed by atoms with Crippen LogP contribution in [0.2, 0.25) is 0 Å². The molecule has 0 saturated heterocycles. The molecule has 0 aliphatic rings. The smallest absolute Gasteiger partial charge is 0.275 e. The number of hydrogen-bond acceptors (Lipinski definition) is 5. The first-order valence-electron chi connectivity index (χ1n) is 5.37. The standard InChI is InChI=1S/C12H12FN3OS2/c13-9-5-7(14)1-3-10(9)18-6-8-2-4-11(19-8)12(17)16-15/h1-5H,6,14-15H2,(H,16,17). The number of halogens is 1. The predicted octanol–water partition coefficient (Wildman–Crippen LogP) is 2.37. The molecule has 7 heteroatoms. The number of nitrogens with two attached hydrogens (primary N) is 2. The van der Waals surface area contributed by atoms with E-state index in [0.717, 1.165) is 4.88 Å². The summed E-state index contributed by atoms with van der Waals surface area (Å²) in [6, 6.07) is 8.13. The summed E-state index contributed by atoms with van der Waals surface area (Å²) < 4.78 is 13.6. The van der Waals surface area contributed by atoms with Gasteiger partial charge in [0.2, 0.25) is 0 Å². The van der Waals surface area contributed by atoms with Crippen molar-refractivity contribution in [1.82, 2.24) is 5.43 Å². The summed E-state index contributed by atoms with van der Waals surface area (Å²) in [6.45, 7) is 0. The molecule has 5 N–H and O–H groups in total. The van der Waals surface area contributed by atoms with E-state index >= 15 is 0 Å². The Morgan fingerprint density at radius 1 is 1.37 bits per heavy atom. The SMILES string of the molecule is NNC(=O)c1ccc(CSc2ccc(N)cc2F)s1. The van der Waals surface area contributed by atoms with Gasteiger partial charge >= 0.3 is 0 Å². The second kappa shape index (κ2) is 6.05. The molecule has 0 aliphatic heterocycles. The molecule has 0 saturated carbocycles. The van der Waals surface area contributed by atoms with E-state index < -0.39 is 0 Å². The largest absolute Gasteiger partial charge is 0.399 e. The molecule has 1 aromatic carbocycles. The number of rotatable bonds is 4. The van der Waals surface area contributed by atoms with Crippen LogP contribution in [0.4, 0.5) is 10.1 Å². The minimum absolute atomic E-state index is 0.320. The zero-order chi connectivity index (χ0) is 13.8. The number of anilines is 1. The van der Waals surface area contributed by atoms with Crippen LogP contribution >= 0.6 is 23.1 Å². The molecule has 0 fully saturated rings. The Labute approximate surface area is 118 Å². The summed E-state index contributed by atoms with van der Waals surface area (Å²) in [6.07, 6.45) is 0. The van der Waals surface area contributed by atoms with Crippen LogP contribution in [0.15, 0.2) is 35.2 Å². The van der Waals surface area contributed by atoms with Gasteiger partial charge in [-0.05, 0) is 30.3 Å². The first kappa shape index (κ1) is 13.9. The number of nitrogens with one attached hydrogen (secondary N) is 1. The van der Waals surface area contributed by atoms with Crippen LogP contribution < -0.4 is 17.0 Å². The molecule has 19 heavy (non-hydrogen) atoms. The van der Waals surface area contributed by atoms with Crippen LogP contribution in [0, 0.1) is 5.82 Å². The Balaban J connectivity index is 2.02. The quantitative estimate of drug-likeness (QED) is 0.266. The lowest BCUT2D eigenvalue weighted by atomic mass is 10.3. The summed E-state index contributed by atoms with van der Waals surface area (Å²) in [5.74, 6) is 4.99. The van der Waals surface area contributed by atoms with E-state index in [1.165, 1.54) is 29.2 Å². The molecular weight excluding hydrogens is 285 g/mol. The average molecular weight is 297 g/mol. The van der Waals surface area contributed by atoms with Crippen molar-refractivity contribution in [3.8, 4) is 0 Å². The number of benzene rings is 1. The van der Waals surface area contributed by atoms with E-state index in [1.807, 2.05) is 6.07 Å². The van der Waals surface area contributed by atoms with E-state index in [4.69, 9.17) is 11.6 Å². The Kier molecular flexibility index (Phi) is 4.41. The van der Waals surface area contributed by atoms with Crippen molar-refractivity contribution in [3.63, 3.8) is 0 Å². The number of thioether (sulfide) groups is 1. The van der Waals surface area contributed by atoms with Gasteiger partial charge in [-0.25, -0.2) is 10.2 Å². The molecule has 2 rings (SSSR count). The van der Waals surface area contributed by atoms with Gasteiger partial charge in [0.15, 0.2) is 0 Å². The fourth-order valence-corrected chi connectivity index (χ4v) is 3.31. The van der Waals surface area contributed by atoms with E-state index in [1.54, 1.807) is 18.2 Å².